The molecule has 1 aliphatic carbocycles. The Bertz CT molecular complexity index is 561. The summed E-state index contributed by atoms with van der Waals surface area (Å²) in [6.45, 7) is 7.97. The number of hydrogen-bond donors (Lipinski definition) is 1. The molecule has 1 saturated carbocycles. The molecule has 0 atom stereocenters. The highest BCUT2D eigenvalue weighted by atomic mass is 32.2. The summed E-state index contributed by atoms with van der Waals surface area (Å²) in [5, 5.41) is 0. The first-order valence-electron chi connectivity index (χ1n) is 7.40. The number of hydrogen-bond acceptors (Lipinski definition) is 2. The summed E-state index contributed by atoms with van der Waals surface area (Å²) in [7, 11) is -3.41. The monoisotopic (exact) mass is 295 g/mol. The molecule has 0 unspecified atom stereocenters. The summed E-state index contributed by atoms with van der Waals surface area (Å²) < 4.78 is 28.2. The van der Waals surface area contributed by atoms with E-state index in [0.717, 1.165) is 48.3 Å². The fraction of sp³-hybridized carbons (Fsp3) is 0.625. The van der Waals surface area contributed by atoms with Crippen LogP contribution in [0.1, 0.15) is 49.3 Å². The molecule has 0 bridgehead atoms. The van der Waals surface area contributed by atoms with Crippen LogP contribution in [-0.4, -0.2) is 14.5 Å². The first kappa shape index (κ1) is 15.5. The van der Waals surface area contributed by atoms with Gasteiger partial charge in [-0.25, -0.2) is 13.1 Å². The van der Waals surface area contributed by atoms with E-state index in [2.05, 4.69) is 11.6 Å². The number of aryl methyl sites for hydroxylation is 3. The van der Waals surface area contributed by atoms with Gasteiger partial charge in [0, 0.05) is 6.04 Å². The summed E-state index contributed by atoms with van der Waals surface area (Å²) in [6, 6.07) is 3.96. The molecule has 1 aromatic rings. The molecule has 0 heterocycles. The summed E-state index contributed by atoms with van der Waals surface area (Å²) in [6.07, 6.45) is 4.12. The lowest BCUT2D eigenvalue weighted by Crippen LogP contribution is -2.37. The van der Waals surface area contributed by atoms with E-state index in [-0.39, 0.29) is 6.04 Å². The van der Waals surface area contributed by atoms with Crippen LogP contribution in [0.4, 0.5) is 0 Å². The van der Waals surface area contributed by atoms with Gasteiger partial charge in [-0.15, -0.1) is 0 Å². The van der Waals surface area contributed by atoms with Gasteiger partial charge < -0.3 is 0 Å². The Balaban J connectivity index is 2.23. The molecular weight excluding hydrogens is 270 g/mol. The Morgan fingerprint density at radius 2 is 1.50 bits per heavy atom. The molecule has 1 fully saturated rings. The van der Waals surface area contributed by atoms with E-state index in [1.807, 2.05) is 32.9 Å². The van der Waals surface area contributed by atoms with Gasteiger partial charge in [-0.3, -0.25) is 0 Å². The normalized spacial score (nSPS) is 23.8. The number of benzene rings is 1. The Hall–Kier alpha value is -0.870. The highest BCUT2D eigenvalue weighted by molar-refractivity contribution is 7.89. The van der Waals surface area contributed by atoms with Crippen LogP contribution >= 0.6 is 0 Å². The number of nitrogens with one attached hydrogen (secondary N) is 1. The molecule has 0 aliphatic heterocycles. The third kappa shape index (κ3) is 3.41. The lowest BCUT2D eigenvalue weighted by Gasteiger charge is -2.27. The molecule has 3 nitrogen and oxygen atoms in total. The molecule has 20 heavy (non-hydrogen) atoms. The van der Waals surface area contributed by atoms with Gasteiger partial charge in [-0.05, 0) is 63.5 Å². The lowest BCUT2D eigenvalue weighted by atomic mass is 9.88. The predicted octanol–water partition coefficient (Wildman–Crippen LogP) is 3.47. The van der Waals surface area contributed by atoms with Crippen LogP contribution in [-0.2, 0) is 10.0 Å². The van der Waals surface area contributed by atoms with Gasteiger partial charge in [0.25, 0.3) is 0 Å². The zero-order chi connectivity index (χ0) is 14.9. The van der Waals surface area contributed by atoms with Crippen molar-refractivity contribution in [1.29, 1.82) is 0 Å². The summed E-state index contributed by atoms with van der Waals surface area (Å²) in [4.78, 5) is 0.460. The fourth-order valence-electron chi connectivity index (χ4n) is 3.25. The van der Waals surface area contributed by atoms with Crippen LogP contribution in [0.5, 0.6) is 0 Å². The lowest BCUT2D eigenvalue weighted by molar-refractivity contribution is 0.332. The van der Waals surface area contributed by atoms with Crippen molar-refractivity contribution in [1.82, 2.24) is 4.72 Å². The molecule has 0 amide bonds. The molecule has 2 rings (SSSR count). The number of sulfonamides is 1. The molecule has 1 N–H and O–H groups in total. The Morgan fingerprint density at radius 3 is 2.00 bits per heavy atom. The van der Waals surface area contributed by atoms with Crippen molar-refractivity contribution in [3.8, 4) is 0 Å². The molecule has 1 aromatic carbocycles. The second kappa shape index (κ2) is 5.86. The second-order valence-electron chi connectivity index (χ2n) is 6.31. The minimum Gasteiger partial charge on any atom is -0.208 e. The third-order valence-corrected chi connectivity index (χ3v) is 6.04. The SMILES string of the molecule is Cc1cc(C)c(S(=O)(=O)NC2CCC(C)CC2)c(C)c1. The van der Waals surface area contributed by atoms with Crippen molar-refractivity contribution in [3.05, 3.63) is 28.8 Å². The fourth-order valence-corrected chi connectivity index (χ4v) is 5.00. The standard InChI is InChI=1S/C16H25NO2S/c1-11-5-7-15(8-6-11)17-20(18,19)16-13(3)9-12(2)10-14(16)4/h9-11,15,17H,5-8H2,1-4H3. The van der Waals surface area contributed by atoms with E-state index in [4.69, 9.17) is 0 Å². The van der Waals surface area contributed by atoms with Gasteiger partial charge in [0.05, 0.1) is 4.90 Å². The van der Waals surface area contributed by atoms with E-state index < -0.39 is 10.0 Å². The van der Waals surface area contributed by atoms with Crippen LogP contribution in [0, 0.1) is 26.7 Å². The molecule has 4 heteroatoms. The van der Waals surface area contributed by atoms with Crippen molar-refractivity contribution in [3.63, 3.8) is 0 Å². The van der Waals surface area contributed by atoms with Crippen LogP contribution in [0.2, 0.25) is 0 Å². The third-order valence-electron chi connectivity index (χ3n) is 4.21. The van der Waals surface area contributed by atoms with E-state index >= 15 is 0 Å². The van der Waals surface area contributed by atoms with Crippen LogP contribution < -0.4 is 4.72 Å². The summed E-state index contributed by atoms with van der Waals surface area (Å²) >= 11 is 0. The highest BCUT2D eigenvalue weighted by Gasteiger charge is 2.26. The van der Waals surface area contributed by atoms with E-state index in [0.29, 0.717) is 4.90 Å². The van der Waals surface area contributed by atoms with Crippen molar-refractivity contribution in [2.45, 2.75) is 64.3 Å². The van der Waals surface area contributed by atoms with E-state index in [1.165, 1.54) is 0 Å². The van der Waals surface area contributed by atoms with Crippen molar-refractivity contribution >= 4 is 10.0 Å². The molecule has 0 radical (unpaired) electrons. The molecule has 1 aliphatic rings. The average molecular weight is 295 g/mol. The molecule has 0 aromatic heterocycles. The number of rotatable bonds is 3. The predicted molar refractivity (Wildman–Crippen MR) is 82.4 cm³/mol. The molecule has 0 spiro atoms. The average Bonchev–Trinajstić information content (AvgIpc) is 2.30. The minimum atomic E-state index is -3.41. The smallest absolute Gasteiger partial charge is 0.208 e. The van der Waals surface area contributed by atoms with Crippen molar-refractivity contribution in [2.24, 2.45) is 5.92 Å². The molecular formula is C16H25NO2S. The highest BCUT2D eigenvalue weighted by Crippen LogP contribution is 2.26. The summed E-state index contributed by atoms with van der Waals surface area (Å²) in [5.41, 5.74) is 2.77. The summed E-state index contributed by atoms with van der Waals surface area (Å²) in [5.74, 6) is 0.721. The molecule has 112 valence electrons. The van der Waals surface area contributed by atoms with Gasteiger partial charge in [0.15, 0.2) is 0 Å². The van der Waals surface area contributed by atoms with Crippen molar-refractivity contribution in [2.75, 3.05) is 0 Å². The Labute approximate surface area is 122 Å². The van der Waals surface area contributed by atoms with Gasteiger partial charge in [0.2, 0.25) is 10.0 Å². The maximum atomic E-state index is 12.6. The van der Waals surface area contributed by atoms with Crippen LogP contribution in [0.3, 0.4) is 0 Å². The van der Waals surface area contributed by atoms with E-state index in [1.54, 1.807) is 0 Å². The van der Waals surface area contributed by atoms with Gasteiger partial charge in [0.1, 0.15) is 0 Å². The largest absolute Gasteiger partial charge is 0.241 e. The zero-order valence-electron chi connectivity index (χ0n) is 12.9. The van der Waals surface area contributed by atoms with Crippen molar-refractivity contribution < 1.29 is 8.42 Å². The Morgan fingerprint density at radius 1 is 1.00 bits per heavy atom. The topological polar surface area (TPSA) is 46.2 Å². The van der Waals surface area contributed by atoms with Gasteiger partial charge in [-0.1, -0.05) is 24.6 Å². The second-order valence-corrected chi connectivity index (χ2v) is 7.96. The quantitative estimate of drug-likeness (QED) is 0.928. The van der Waals surface area contributed by atoms with E-state index in [9.17, 15) is 8.42 Å². The maximum absolute atomic E-state index is 12.6. The Kier molecular flexibility index (Phi) is 4.55. The maximum Gasteiger partial charge on any atom is 0.241 e. The zero-order valence-corrected chi connectivity index (χ0v) is 13.7. The van der Waals surface area contributed by atoms with Gasteiger partial charge in [-0.2, -0.15) is 0 Å². The first-order chi connectivity index (χ1) is 9.29. The van der Waals surface area contributed by atoms with Crippen LogP contribution in [0.15, 0.2) is 17.0 Å². The first-order valence-corrected chi connectivity index (χ1v) is 8.88. The molecule has 0 saturated heterocycles. The van der Waals surface area contributed by atoms with Gasteiger partial charge >= 0.3 is 0 Å². The minimum absolute atomic E-state index is 0.0938. The van der Waals surface area contributed by atoms with Crippen LogP contribution in [0.25, 0.3) is 0 Å².